The molecule has 0 unspecified atom stereocenters. The maximum Gasteiger partial charge on any atom is 0.210 e. The molecule has 1 heterocycles. The van der Waals surface area contributed by atoms with Crippen LogP contribution in [0.5, 0.6) is 0 Å². The van der Waals surface area contributed by atoms with Gasteiger partial charge in [-0.05, 0) is 55.3 Å². The predicted molar refractivity (Wildman–Crippen MR) is 113 cm³/mol. The van der Waals surface area contributed by atoms with Gasteiger partial charge in [0.05, 0.1) is 16.1 Å². The van der Waals surface area contributed by atoms with Gasteiger partial charge >= 0.3 is 0 Å². The number of sulfone groups is 1. The highest BCUT2D eigenvalue weighted by molar-refractivity contribution is 7.91. The molecule has 0 saturated heterocycles. The lowest BCUT2D eigenvalue weighted by Gasteiger charge is -2.16. The average Bonchev–Trinajstić information content (AvgIpc) is 2.71. The van der Waals surface area contributed by atoms with Gasteiger partial charge in [-0.1, -0.05) is 42.5 Å². The Labute approximate surface area is 164 Å². The van der Waals surface area contributed by atoms with Crippen molar-refractivity contribution in [2.24, 2.45) is 0 Å². The van der Waals surface area contributed by atoms with Crippen molar-refractivity contribution in [3.63, 3.8) is 0 Å². The first kappa shape index (κ1) is 18.2. The number of benzene rings is 3. The molecule has 5 heteroatoms. The van der Waals surface area contributed by atoms with Crippen LogP contribution in [0.2, 0.25) is 0 Å². The number of pyridine rings is 1. The lowest BCUT2D eigenvalue weighted by Crippen LogP contribution is -2.07. The topological polar surface area (TPSA) is 59.1 Å². The third-order valence-corrected chi connectivity index (χ3v) is 6.64. The first-order chi connectivity index (χ1) is 13.5. The van der Waals surface area contributed by atoms with Crippen molar-refractivity contribution in [3.8, 4) is 0 Å². The molecule has 0 amide bonds. The molecular formula is C23H20N2O2S. The molecule has 0 atom stereocenters. The largest absolute Gasteiger partial charge is 0.354 e. The van der Waals surface area contributed by atoms with E-state index >= 15 is 0 Å². The van der Waals surface area contributed by atoms with Crippen LogP contribution in [-0.4, -0.2) is 13.4 Å². The van der Waals surface area contributed by atoms with Crippen molar-refractivity contribution >= 4 is 32.1 Å². The third-order valence-electron chi connectivity index (χ3n) is 4.86. The molecule has 0 radical (unpaired) electrons. The minimum Gasteiger partial charge on any atom is -0.354 e. The Morgan fingerprint density at radius 2 is 1.54 bits per heavy atom. The smallest absolute Gasteiger partial charge is 0.210 e. The van der Waals surface area contributed by atoms with E-state index in [9.17, 15) is 8.42 Å². The fourth-order valence-electron chi connectivity index (χ4n) is 3.15. The molecule has 28 heavy (non-hydrogen) atoms. The maximum atomic E-state index is 13.3. The summed E-state index contributed by atoms with van der Waals surface area (Å²) >= 11 is 0. The highest BCUT2D eigenvalue weighted by Gasteiger charge is 2.23. The number of nitrogens with zero attached hydrogens (tertiary/aromatic N) is 1. The van der Waals surface area contributed by atoms with Crippen LogP contribution in [0.25, 0.3) is 10.9 Å². The number of hydrogen-bond donors (Lipinski definition) is 1. The van der Waals surface area contributed by atoms with Gasteiger partial charge in [-0.2, -0.15) is 0 Å². The molecule has 0 aliphatic heterocycles. The van der Waals surface area contributed by atoms with Crippen LogP contribution in [0.1, 0.15) is 11.1 Å². The Balaban J connectivity index is 1.94. The van der Waals surface area contributed by atoms with Crippen LogP contribution in [0.15, 0.2) is 88.8 Å². The van der Waals surface area contributed by atoms with Gasteiger partial charge in [-0.25, -0.2) is 8.42 Å². The molecule has 3 aromatic carbocycles. The zero-order valence-electron chi connectivity index (χ0n) is 15.7. The van der Waals surface area contributed by atoms with Crippen LogP contribution >= 0.6 is 0 Å². The van der Waals surface area contributed by atoms with E-state index < -0.39 is 9.84 Å². The van der Waals surface area contributed by atoms with E-state index in [1.54, 1.807) is 30.3 Å². The summed E-state index contributed by atoms with van der Waals surface area (Å²) in [6, 6.07) is 22.0. The summed E-state index contributed by atoms with van der Waals surface area (Å²) in [4.78, 5) is 4.80. The molecule has 140 valence electrons. The Morgan fingerprint density at radius 1 is 0.821 bits per heavy atom. The molecular weight excluding hydrogens is 368 g/mol. The molecule has 4 aromatic rings. The predicted octanol–water partition coefficient (Wildman–Crippen LogP) is 5.43. The fourth-order valence-corrected chi connectivity index (χ4v) is 4.54. The lowest BCUT2D eigenvalue weighted by molar-refractivity contribution is 0.596. The van der Waals surface area contributed by atoms with Gasteiger partial charge in [0.25, 0.3) is 0 Å². The lowest BCUT2D eigenvalue weighted by atomic mass is 10.1. The zero-order chi connectivity index (χ0) is 19.7. The van der Waals surface area contributed by atoms with Gasteiger partial charge < -0.3 is 5.32 Å². The van der Waals surface area contributed by atoms with Crippen molar-refractivity contribution in [1.82, 2.24) is 4.98 Å². The van der Waals surface area contributed by atoms with Crippen molar-refractivity contribution in [2.75, 3.05) is 5.32 Å². The summed E-state index contributed by atoms with van der Waals surface area (Å²) in [5.41, 5.74) is 4.43. The Kier molecular flexibility index (Phi) is 4.61. The van der Waals surface area contributed by atoms with Crippen molar-refractivity contribution in [3.05, 3.63) is 90.1 Å². The number of aryl methyl sites for hydroxylation is 2. The second kappa shape index (κ2) is 7.09. The molecule has 1 aromatic heterocycles. The number of hydrogen-bond acceptors (Lipinski definition) is 4. The second-order valence-electron chi connectivity index (χ2n) is 6.76. The number of rotatable bonds is 4. The maximum absolute atomic E-state index is 13.3. The summed E-state index contributed by atoms with van der Waals surface area (Å²) in [7, 11) is -3.72. The number of anilines is 2. The number of para-hydroxylation sites is 1. The Bertz CT molecular complexity index is 1270. The molecule has 4 nitrogen and oxygen atoms in total. The van der Waals surface area contributed by atoms with E-state index in [2.05, 4.69) is 10.3 Å². The molecule has 0 bridgehead atoms. The summed E-state index contributed by atoms with van der Waals surface area (Å²) in [6.45, 7) is 4.08. The van der Waals surface area contributed by atoms with Gasteiger partial charge in [0.1, 0.15) is 4.90 Å². The molecule has 0 fully saturated rings. The first-order valence-corrected chi connectivity index (χ1v) is 10.5. The highest BCUT2D eigenvalue weighted by Crippen LogP contribution is 2.35. The van der Waals surface area contributed by atoms with E-state index in [1.807, 2.05) is 56.3 Å². The zero-order valence-corrected chi connectivity index (χ0v) is 16.5. The number of fused-ring (bicyclic) bond motifs is 1. The van der Waals surface area contributed by atoms with Crippen molar-refractivity contribution in [1.29, 1.82) is 0 Å². The third kappa shape index (κ3) is 3.25. The second-order valence-corrected chi connectivity index (χ2v) is 8.67. The van der Waals surface area contributed by atoms with E-state index in [0.29, 0.717) is 5.69 Å². The van der Waals surface area contributed by atoms with Gasteiger partial charge in [0, 0.05) is 17.3 Å². The van der Waals surface area contributed by atoms with E-state index in [4.69, 9.17) is 0 Å². The van der Waals surface area contributed by atoms with Crippen molar-refractivity contribution in [2.45, 2.75) is 23.6 Å². The van der Waals surface area contributed by atoms with Gasteiger partial charge in [-0.3, -0.25) is 4.98 Å². The minimum absolute atomic E-state index is 0.163. The van der Waals surface area contributed by atoms with Crippen LogP contribution < -0.4 is 5.32 Å². The van der Waals surface area contributed by atoms with Gasteiger partial charge in [-0.15, -0.1) is 0 Å². The normalized spacial score (nSPS) is 11.5. The highest BCUT2D eigenvalue weighted by atomic mass is 32.2. The fraction of sp³-hybridized carbons (Fsp3) is 0.0870. The van der Waals surface area contributed by atoms with Gasteiger partial charge in [0.15, 0.2) is 0 Å². The van der Waals surface area contributed by atoms with Crippen LogP contribution in [0.4, 0.5) is 11.4 Å². The average molecular weight is 388 g/mol. The van der Waals surface area contributed by atoms with Crippen LogP contribution in [0, 0.1) is 13.8 Å². The van der Waals surface area contributed by atoms with Crippen molar-refractivity contribution < 1.29 is 8.42 Å². The molecule has 1 N–H and O–H groups in total. The van der Waals surface area contributed by atoms with E-state index in [0.717, 1.165) is 22.2 Å². The van der Waals surface area contributed by atoms with Gasteiger partial charge in [0.2, 0.25) is 9.84 Å². The number of nitrogens with one attached hydrogen (secondary N) is 1. The quantitative estimate of drug-likeness (QED) is 0.506. The molecule has 4 rings (SSSR count). The summed E-state index contributed by atoms with van der Waals surface area (Å²) in [6.07, 6.45) is 1.44. The van der Waals surface area contributed by atoms with Crippen LogP contribution in [-0.2, 0) is 9.84 Å². The standard InChI is InChI=1S/C23H20N2O2S/c1-16-12-13-18(14-17(16)2)25-23-20-10-6-7-11-21(20)24-15-22(23)28(26,27)19-8-4-3-5-9-19/h3-15H,1-2H3,(H,24,25). The molecule has 0 spiro atoms. The summed E-state index contributed by atoms with van der Waals surface area (Å²) in [5, 5.41) is 4.10. The minimum atomic E-state index is -3.72. The Morgan fingerprint density at radius 3 is 2.29 bits per heavy atom. The van der Waals surface area contributed by atoms with E-state index in [-0.39, 0.29) is 9.79 Å². The van der Waals surface area contributed by atoms with Crippen LogP contribution in [0.3, 0.4) is 0 Å². The first-order valence-electron chi connectivity index (χ1n) is 8.99. The SMILES string of the molecule is Cc1ccc(Nc2c(S(=O)(=O)c3ccccc3)cnc3ccccc23)cc1C. The Hall–Kier alpha value is -3.18. The monoisotopic (exact) mass is 388 g/mol. The summed E-state index contributed by atoms with van der Waals surface area (Å²) in [5.74, 6) is 0. The molecule has 0 aliphatic carbocycles. The summed E-state index contributed by atoms with van der Waals surface area (Å²) < 4.78 is 26.7. The molecule has 0 aliphatic rings. The molecule has 0 saturated carbocycles. The number of aromatic nitrogens is 1. The van der Waals surface area contributed by atoms with E-state index in [1.165, 1.54) is 11.8 Å².